The molecule has 2 aromatic heterocycles. The van der Waals surface area contributed by atoms with Gasteiger partial charge in [-0.1, -0.05) is 12.1 Å². The monoisotopic (exact) mass is 342 g/mol. The fraction of sp³-hybridized carbons (Fsp3) is 0.0588. The number of carbonyl (C=O) groups is 1. The van der Waals surface area contributed by atoms with E-state index in [0.29, 0.717) is 16.8 Å². The Hall–Kier alpha value is -2.93. The molecule has 0 fully saturated rings. The van der Waals surface area contributed by atoms with Crippen molar-refractivity contribution in [1.29, 1.82) is 0 Å². The first-order chi connectivity index (χ1) is 11.4. The molecule has 0 saturated heterocycles. The molecule has 1 aromatic carbocycles. The molecule has 2 N–H and O–H groups in total. The molecule has 122 valence electrons. The third-order valence-corrected chi connectivity index (χ3v) is 4.74. The maximum atomic E-state index is 11.6. The molecule has 0 atom stereocenters. The summed E-state index contributed by atoms with van der Waals surface area (Å²) in [6.45, 7) is 0. The van der Waals surface area contributed by atoms with Crippen molar-refractivity contribution in [2.75, 3.05) is 6.26 Å². The molecular formula is C17H14N2O4S. The number of rotatable bonds is 4. The average Bonchev–Trinajstić information content (AvgIpc) is 2.95. The van der Waals surface area contributed by atoms with Crippen molar-refractivity contribution >= 4 is 38.5 Å². The van der Waals surface area contributed by atoms with Crippen molar-refractivity contribution in [3.05, 3.63) is 59.9 Å². The highest BCUT2D eigenvalue weighted by Gasteiger charge is 2.14. The van der Waals surface area contributed by atoms with Crippen LogP contribution in [0, 0.1) is 0 Å². The Labute approximate surface area is 138 Å². The van der Waals surface area contributed by atoms with Crippen molar-refractivity contribution in [3.63, 3.8) is 0 Å². The van der Waals surface area contributed by atoms with Crippen LogP contribution in [0.3, 0.4) is 0 Å². The third-order valence-electron chi connectivity index (χ3n) is 3.61. The lowest BCUT2D eigenvalue weighted by atomic mass is 10.0. The Morgan fingerprint density at radius 1 is 1.21 bits per heavy atom. The van der Waals surface area contributed by atoms with Crippen LogP contribution in [0.5, 0.6) is 0 Å². The van der Waals surface area contributed by atoms with Gasteiger partial charge in [0.2, 0.25) is 0 Å². The first-order valence-electron chi connectivity index (χ1n) is 7.04. The zero-order valence-corrected chi connectivity index (χ0v) is 13.5. The Bertz CT molecular complexity index is 1050. The lowest BCUT2D eigenvalue weighted by Crippen LogP contribution is -2.01. The highest BCUT2D eigenvalue weighted by atomic mass is 32.2. The largest absolute Gasteiger partial charge is 0.478 e. The number of aliphatic carboxylic acids is 1. The standard InChI is InChI=1S/C17H14N2O4S/c1-24(22,23)13-6-4-11(5-7-13)15(17(20)21)9-12-10-19-16-14(12)3-2-8-18-16/h2-10H,1H3,(H,18,19)(H,20,21). The molecule has 6 nitrogen and oxygen atoms in total. The fourth-order valence-corrected chi connectivity index (χ4v) is 3.03. The van der Waals surface area contributed by atoms with Crippen LogP contribution in [0.1, 0.15) is 11.1 Å². The lowest BCUT2D eigenvalue weighted by Gasteiger charge is -2.04. The van der Waals surface area contributed by atoms with Crippen LogP contribution >= 0.6 is 0 Å². The van der Waals surface area contributed by atoms with Gasteiger partial charge in [-0.15, -0.1) is 0 Å². The number of nitrogens with zero attached hydrogens (tertiary/aromatic N) is 1. The van der Waals surface area contributed by atoms with E-state index >= 15 is 0 Å². The molecule has 0 radical (unpaired) electrons. The normalized spacial score (nSPS) is 12.5. The van der Waals surface area contributed by atoms with Crippen LogP contribution in [0.2, 0.25) is 0 Å². The number of pyridine rings is 1. The van der Waals surface area contributed by atoms with Gasteiger partial charge in [0.15, 0.2) is 9.84 Å². The zero-order valence-electron chi connectivity index (χ0n) is 12.7. The van der Waals surface area contributed by atoms with Gasteiger partial charge in [-0.3, -0.25) is 0 Å². The molecule has 24 heavy (non-hydrogen) atoms. The van der Waals surface area contributed by atoms with Gasteiger partial charge < -0.3 is 10.1 Å². The summed E-state index contributed by atoms with van der Waals surface area (Å²) in [6.07, 6.45) is 5.98. The molecular weight excluding hydrogens is 328 g/mol. The smallest absolute Gasteiger partial charge is 0.336 e. The minimum Gasteiger partial charge on any atom is -0.478 e. The Balaban J connectivity index is 2.09. The molecule has 0 aliphatic carbocycles. The second-order valence-corrected chi connectivity index (χ2v) is 7.32. The van der Waals surface area contributed by atoms with Crippen molar-refractivity contribution in [1.82, 2.24) is 9.97 Å². The van der Waals surface area contributed by atoms with E-state index in [9.17, 15) is 18.3 Å². The Morgan fingerprint density at radius 2 is 1.92 bits per heavy atom. The summed E-state index contributed by atoms with van der Waals surface area (Å²) in [4.78, 5) is 18.9. The van der Waals surface area contributed by atoms with Crippen LogP contribution in [-0.4, -0.2) is 35.7 Å². The van der Waals surface area contributed by atoms with Crippen molar-refractivity contribution in [2.24, 2.45) is 0 Å². The van der Waals surface area contributed by atoms with Gasteiger partial charge in [-0.05, 0) is 35.9 Å². The molecule has 0 aliphatic heterocycles. The maximum Gasteiger partial charge on any atom is 0.336 e. The van der Waals surface area contributed by atoms with Gasteiger partial charge in [0, 0.05) is 29.6 Å². The average molecular weight is 342 g/mol. The molecule has 7 heteroatoms. The first kappa shape index (κ1) is 15.9. The van der Waals surface area contributed by atoms with E-state index in [1.807, 2.05) is 6.07 Å². The molecule has 0 amide bonds. The number of benzene rings is 1. The minimum atomic E-state index is -3.32. The number of nitrogens with one attached hydrogen (secondary N) is 1. The predicted molar refractivity (Wildman–Crippen MR) is 91.2 cm³/mol. The Kier molecular flexibility index (Phi) is 3.94. The van der Waals surface area contributed by atoms with Crippen LogP contribution in [0.4, 0.5) is 0 Å². The van der Waals surface area contributed by atoms with E-state index < -0.39 is 15.8 Å². The van der Waals surface area contributed by atoms with Gasteiger partial charge in [0.05, 0.1) is 10.5 Å². The second kappa shape index (κ2) is 5.93. The van der Waals surface area contributed by atoms with Gasteiger partial charge in [0.1, 0.15) is 5.65 Å². The van der Waals surface area contributed by atoms with Crippen molar-refractivity contribution in [3.8, 4) is 0 Å². The summed E-state index contributed by atoms with van der Waals surface area (Å²) >= 11 is 0. The number of aromatic amines is 1. The molecule has 0 unspecified atom stereocenters. The van der Waals surface area contributed by atoms with E-state index in [1.54, 1.807) is 18.5 Å². The zero-order chi connectivity index (χ0) is 17.3. The first-order valence-corrected chi connectivity index (χ1v) is 8.93. The number of aromatic nitrogens is 2. The number of hydrogen-bond donors (Lipinski definition) is 2. The van der Waals surface area contributed by atoms with Crippen LogP contribution in [0.15, 0.2) is 53.7 Å². The maximum absolute atomic E-state index is 11.6. The van der Waals surface area contributed by atoms with Crippen LogP contribution in [0.25, 0.3) is 22.7 Å². The molecule has 0 saturated carbocycles. The Morgan fingerprint density at radius 3 is 2.54 bits per heavy atom. The van der Waals surface area contributed by atoms with E-state index in [2.05, 4.69) is 9.97 Å². The summed E-state index contributed by atoms with van der Waals surface area (Å²) in [6, 6.07) is 9.40. The number of carboxylic acid groups (broad SMARTS) is 1. The third kappa shape index (κ3) is 3.07. The molecule has 0 aliphatic rings. The molecule has 3 aromatic rings. The topological polar surface area (TPSA) is 100 Å². The summed E-state index contributed by atoms with van der Waals surface area (Å²) in [5, 5.41) is 10.3. The number of fused-ring (bicyclic) bond motifs is 1. The van der Waals surface area contributed by atoms with Gasteiger partial charge in [-0.25, -0.2) is 18.2 Å². The lowest BCUT2D eigenvalue weighted by molar-refractivity contribution is -0.130. The minimum absolute atomic E-state index is 0.0693. The van der Waals surface area contributed by atoms with Crippen molar-refractivity contribution in [2.45, 2.75) is 4.90 Å². The molecule has 0 bridgehead atoms. The highest BCUT2D eigenvalue weighted by molar-refractivity contribution is 7.90. The van der Waals surface area contributed by atoms with E-state index in [1.165, 1.54) is 30.3 Å². The molecule has 3 rings (SSSR count). The number of hydrogen-bond acceptors (Lipinski definition) is 4. The van der Waals surface area contributed by atoms with E-state index in [-0.39, 0.29) is 10.5 Å². The summed E-state index contributed by atoms with van der Waals surface area (Å²) < 4.78 is 23.0. The van der Waals surface area contributed by atoms with Gasteiger partial charge in [-0.2, -0.15) is 0 Å². The number of carboxylic acids is 1. The SMILES string of the molecule is CS(=O)(=O)c1ccc(C(=Cc2c[nH]c3ncccc23)C(=O)O)cc1. The van der Waals surface area contributed by atoms with Gasteiger partial charge in [0.25, 0.3) is 0 Å². The number of sulfone groups is 1. The van der Waals surface area contributed by atoms with E-state index in [4.69, 9.17) is 0 Å². The quantitative estimate of drug-likeness (QED) is 0.710. The number of H-pyrrole nitrogens is 1. The van der Waals surface area contributed by atoms with Crippen LogP contribution in [-0.2, 0) is 14.6 Å². The molecule has 2 heterocycles. The second-order valence-electron chi connectivity index (χ2n) is 5.30. The summed E-state index contributed by atoms with van der Waals surface area (Å²) in [5.74, 6) is -1.10. The van der Waals surface area contributed by atoms with Crippen LogP contribution < -0.4 is 0 Å². The molecule has 0 spiro atoms. The van der Waals surface area contributed by atoms with Gasteiger partial charge >= 0.3 is 5.97 Å². The highest BCUT2D eigenvalue weighted by Crippen LogP contribution is 2.24. The summed E-state index contributed by atoms with van der Waals surface area (Å²) in [5.41, 5.74) is 1.86. The fourth-order valence-electron chi connectivity index (χ4n) is 2.40. The van der Waals surface area contributed by atoms with E-state index in [0.717, 1.165) is 11.6 Å². The predicted octanol–water partition coefficient (Wildman–Crippen LogP) is 2.59. The van der Waals surface area contributed by atoms with Crippen molar-refractivity contribution < 1.29 is 18.3 Å². The summed E-state index contributed by atoms with van der Waals surface area (Å²) in [7, 11) is -3.32.